The van der Waals surface area contributed by atoms with Crippen LogP contribution in [-0.4, -0.2) is 10.3 Å². The van der Waals surface area contributed by atoms with E-state index in [2.05, 4.69) is 37.3 Å². The van der Waals surface area contributed by atoms with E-state index in [1.165, 1.54) is 23.5 Å². The van der Waals surface area contributed by atoms with Gasteiger partial charge in [-0.2, -0.15) is 0 Å². The van der Waals surface area contributed by atoms with E-state index in [1.54, 1.807) is 12.1 Å². The molecule has 0 aromatic heterocycles. The van der Waals surface area contributed by atoms with Crippen LogP contribution in [0.3, 0.4) is 0 Å². The summed E-state index contributed by atoms with van der Waals surface area (Å²) in [6.45, 7) is 8.22. The SMILES string of the molecule is CC.CCC(c1ccc(O)cc1)N(O)c1ccccc1.CCCc1ccccc1. The van der Waals surface area contributed by atoms with E-state index in [0.717, 1.165) is 17.7 Å². The zero-order valence-electron chi connectivity index (χ0n) is 18.1. The third-order valence-corrected chi connectivity index (χ3v) is 4.36. The van der Waals surface area contributed by atoms with Crippen molar-refractivity contribution in [2.24, 2.45) is 0 Å². The van der Waals surface area contributed by atoms with E-state index in [4.69, 9.17) is 0 Å². The van der Waals surface area contributed by atoms with Crippen molar-refractivity contribution in [3.63, 3.8) is 0 Å². The van der Waals surface area contributed by atoms with Gasteiger partial charge in [0.05, 0.1) is 11.7 Å². The Morgan fingerprint density at radius 2 is 1.28 bits per heavy atom. The summed E-state index contributed by atoms with van der Waals surface area (Å²) in [7, 11) is 0. The molecular weight excluding hydrogens is 358 g/mol. The number of hydroxylamine groups is 1. The molecule has 3 rings (SSSR count). The first-order valence-electron chi connectivity index (χ1n) is 10.5. The first kappa shape index (κ1) is 24.3. The van der Waals surface area contributed by atoms with Crippen molar-refractivity contribution >= 4 is 5.69 Å². The lowest BCUT2D eigenvalue weighted by molar-refractivity contribution is 0.213. The second kappa shape index (κ2) is 14.3. The van der Waals surface area contributed by atoms with Gasteiger partial charge < -0.3 is 5.11 Å². The van der Waals surface area contributed by atoms with Gasteiger partial charge >= 0.3 is 0 Å². The van der Waals surface area contributed by atoms with Crippen molar-refractivity contribution in [1.82, 2.24) is 0 Å². The van der Waals surface area contributed by atoms with Gasteiger partial charge in [0.2, 0.25) is 0 Å². The number of aromatic hydroxyl groups is 1. The maximum atomic E-state index is 10.3. The molecular formula is C26H35NO2. The van der Waals surface area contributed by atoms with Gasteiger partial charge in [0.15, 0.2) is 0 Å². The number of nitrogens with zero attached hydrogens (tertiary/aromatic N) is 1. The van der Waals surface area contributed by atoms with E-state index >= 15 is 0 Å². The highest BCUT2D eigenvalue weighted by Crippen LogP contribution is 2.28. The third kappa shape index (κ3) is 8.41. The van der Waals surface area contributed by atoms with Crippen LogP contribution in [0.15, 0.2) is 84.9 Å². The molecule has 0 fully saturated rings. The van der Waals surface area contributed by atoms with Crippen LogP contribution in [0, 0.1) is 0 Å². The molecule has 0 saturated heterocycles. The molecule has 3 aromatic carbocycles. The van der Waals surface area contributed by atoms with Gasteiger partial charge in [-0.05, 0) is 48.2 Å². The van der Waals surface area contributed by atoms with Crippen LogP contribution in [0.1, 0.15) is 57.7 Å². The Kier molecular flexibility index (Phi) is 11.9. The van der Waals surface area contributed by atoms with Crippen LogP contribution < -0.4 is 5.06 Å². The number of rotatable bonds is 6. The molecule has 0 heterocycles. The number of aryl methyl sites for hydroxylation is 1. The van der Waals surface area contributed by atoms with E-state index < -0.39 is 0 Å². The zero-order valence-corrected chi connectivity index (χ0v) is 18.1. The number of anilines is 1. The quantitative estimate of drug-likeness (QED) is 0.429. The fourth-order valence-electron chi connectivity index (χ4n) is 2.94. The number of para-hydroxylation sites is 1. The maximum absolute atomic E-state index is 10.3. The summed E-state index contributed by atoms with van der Waals surface area (Å²) in [4.78, 5) is 0. The summed E-state index contributed by atoms with van der Waals surface area (Å²) in [5, 5.41) is 20.8. The minimum atomic E-state index is -0.118. The topological polar surface area (TPSA) is 43.7 Å². The molecule has 0 radical (unpaired) electrons. The molecule has 1 atom stereocenters. The Bertz CT molecular complexity index is 758. The minimum Gasteiger partial charge on any atom is -0.508 e. The fraction of sp³-hybridized carbons (Fsp3) is 0.308. The average Bonchev–Trinajstić information content (AvgIpc) is 2.79. The Morgan fingerprint density at radius 3 is 1.76 bits per heavy atom. The molecule has 29 heavy (non-hydrogen) atoms. The van der Waals surface area contributed by atoms with Crippen molar-refractivity contribution in [2.45, 2.75) is 53.0 Å². The Hall–Kier alpha value is -2.78. The summed E-state index contributed by atoms with van der Waals surface area (Å²) < 4.78 is 0. The predicted molar refractivity (Wildman–Crippen MR) is 124 cm³/mol. The van der Waals surface area contributed by atoms with Crippen LogP contribution >= 0.6 is 0 Å². The largest absolute Gasteiger partial charge is 0.508 e. The van der Waals surface area contributed by atoms with Crippen molar-refractivity contribution in [1.29, 1.82) is 0 Å². The van der Waals surface area contributed by atoms with Gasteiger partial charge in [-0.1, -0.05) is 94.8 Å². The molecule has 3 nitrogen and oxygen atoms in total. The summed E-state index contributed by atoms with van der Waals surface area (Å²) in [5.74, 6) is 0.234. The van der Waals surface area contributed by atoms with Gasteiger partial charge in [0, 0.05) is 0 Å². The minimum absolute atomic E-state index is 0.118. The predicted octanol–water partition coefficient (Wildman–Crippen LogP) is 7.40. The lowest BCUT2D eigenvalue weighted by Gasteiger charge is -2.27. The summed E-state index contributed by atoms with van der Waals surface area (Å²) in [6.07, 6.45) is 3.22. The summed E-state index contributed by atoms with van der Waals surface area (Å²) in [5.41, 5.74) is 3.18. The molecule has 0 aliphatic rings. The van der Waals surface area contributed by atoms with Gasteiger partial charge in [-0.15, -0.1) is 0 Å². The molecule has 1 unspecified atom stereocenters. The second-order valence-corrected chi connectivity index (χ2v) is 6.43. The fourth-order valence-corrected chi connectivity index (χ4v) is 2.94. The number of hydrogen-bond acceptors (Lipinski definition) is 3. The van der Waals surface area contributed by atoms with Gasteiger partial charge in [0.25, 0.3) is 0 Å². The Morgan fingerprint density at radius 1 is 0.759 bits per heavy atom. The highest BCUT2D eigenvalue weighted by molar-refractivity contribution is 5.46. The highest BCUT2D eigenvalue weighted by Gasteiger charge is 2.17. The van der Waals surface area contributed by atoms with Crippen LogP contribution in [0.5, 0.6) is 5.75 Å². The number of hydrogen-bond donors (Lipinski definition) is 2. The van der Waals surface area contributed by atoms with Crippen molar-refractivity contribution in [2.75, 3.05) is 5.06 Å². The van der Waals surface area contributed by atoms with Gasteiger partial charge in [0.1, 0.15) is 5.75 Å². The smallest absolute Gasteiger partial charge is 0.115 e. The number of benzene rings is 3. The van der Waals surface area contributed by atoms with E-state index in [0.29, 0.717) is 0 Å². The Balaban J connectivity index is 0.000000321. The molecule has 2 N–H and O–H groups in total. The number of phenolic OH excluding ortho intramolecular Hbond substituents is 1. The molecule has 0 aliphatic heterocycles. The van der Waals surface area contributed by atoms with Crippen LogP contribution in [0.4, 0.5) is 5.69 Å². The molecule has 0 bridgehead atoms. The van der Waals surface area contributed by atoms with E-state index in [9.17, 15) is 10.3 Å². The zero-order chi connectivity index (χ0) is 21.5. The first-order chi connectivity index (χ1) is 14.2. The standard InChI is InChI=1S/C15H17NO2.C9H12.C2H6/c1-2-15(12-8-10-14(17)11-9-12)16(18)13-6-4-3-5-7-13;1-2-6-9-7-4-3-5-8-9;1-2/h3-11,15,17-18H,2H2,1H3;3-5,7-8H,2,6H2,1H3;1-2H3. The van der Waals surface area contributed by atoms with Gasteiger partial charge in [-0.3, -0.25) is 5.21 Å². The van der Waals surface area contributed by atoms with Crippen molar-refractivity contribution in [3.05, 3.63) is 96.1 Å². The second-order valence-electron chi connectivity index (χ2n) is 6.43. The number of phenols is 1. The molecule has 0 saturated carbocycles. The molecule has 3 aromatic rings. The molecule has 0 amide bonds. The summed E-state index contributed by atoms with van der Waals surface area (Å²) >= 11 is 0. The molecule has 0 aliphatic carbocycles. The lowest BCUT2D eigenvalue weighted by atomic mass is 10.0. The molecule has 0 spiro atoms. The summed E-state index contributed by atoms with van der Waals surface area (Å²) in [6, 6.07) is 26.8. The van der Waals surface area contributed by atoms with Crippen molar-refractivity contribution in [3.8, 4) is 5.75 Å². The van der Waals surface area contributed by atoms with Crippen LogP contribution in [0.25, 0.3) is 0 Å². The third-order valence-electron chi connectivity index (χ3n) is 4.36. The van der Waals surface area contributed by atoms with Crippen LogP contribution in [0.2, 0.25) is 0 Å². The molecule has 156 valence electrons. The highest BCUT2D eigenvalue weighted by atomic mass is 16.5. The molecule has 3 heteroatoms. The average molecular weight is 394 g/mol. The normalized spacial score (nSPS) is 10.7. The van der Waals surface area contributed by atoms with Crippen molar-refractivity contribution < 1.29 is 10.3 Å². The first-order valence-corrected chi connectivity index (χ1v) is 10.5. The van der Waals surface area contributed by atoms with Gasteiger partial charge in [-0.25, -0.2) is 5.06 Å². The van der Waals surface area contributed by atoms with E-state index in [1.807, 2.05) is 63.2 Å². The maximum Gasteiger partial charge on any atom is 0.115 e. The Labute approximate surface area is 176 Å². The van der Waals surface area contributed by atoms with Crippen LogP contribution in [-0.2, 0) is 6.42 Å². The monoisotopic (exact) mass is 393 g/mol. The van der Waals surface area contributed by atoms with E-state index in [-0.39, 0.29) is 11.8 Å². The lowest BCUT2D eigenvalue weighted by Crippen LogP contribution is -2.24.